The van der Waals surface area contributed by atoms with Gasteiger partial charge in [0.1, 0.15) is 0 Å². The van der Waals surface area contributed by atoms with Crippen molar-refractivity contribution in [1.82, 2.24) is 0 Å². The molecular weight excluding hydrogens is 384 g/mol. The Bertz CT molecular complexity index is 181. The molecule has 0 saturated heterocycles. The zero-order chi connectivity index (χ0) is 11.7. The largest absolute Gasteiger partial charge is 0.0922 e. The van der Waals surface area contributed by atoms with E-state index in [1.165, 1.54) is 19.3 Å². The molecule has 0 radical (unpaired) electrons. The van der Waals surface area contributed by atoms with Crippen LogP contribution in [-0.2, 0) is 0 Å². The zero-order valence-electron chi connectivity index (χ0n) is 9.88. The zero-order valence-corrected chi connectivity index (χ0v) is 14.6. The van der Waals surface area contributed by atoms with E-state index in [1.807, 2.05) is 0 Å². The molecule has 0 heterocycles. The van der Waals surface area contributed by atoms with Crippen molar-refractivity contribution in [2.45, 2.75) is 40.0 Å². The van der Waals surface area contributed by atoms with E-state index in [0.29, 0.717) is 16.2 Å². The average Bonchev–Trinajstić information content (AvgIpc) is 2.16. The second kappa shape index (κ2) is 4.97. The lowest BCUT2D eigenvalue weighted by Crippen LogP contribution is -2.44. The minimum atomic E-state index is 0.448. The van der Waals surface area contributed by atoms with Crippen LogP contribution in [0, 0.1) is 16.2 Å². The molecule has 0 nitrogen and oxygen atoms in total. The molecule has 0 amide bonds. The lowest BCUT2D eigenvalue weighted by molar-refractivity contribution is 0.0310. The van der Waals surface area contributed by atoms with Gasteiger partial charge in [0.15, 0.2) is 0 Å². The van der Waals surface area contributed by atoms with Gasteiger partial charge in [0, 0.05) is 16.0 Å². The molecule has 0 aromatic rings. The molecule has 1 aliphatic rings. The van der Waals surface area contributed by atoms with Crippen LogP contribution >= 0.6 is 47.8 Å². The van der Waals surface area contributed by atoms with Crippen LogP contribution in [0.4, 0.5) is 0 Å². The van der Waals surface area contributed by atoms with Crippen molar-refractivity contribution in [2.75, 3.05) is 16.0 Å². The first-order valence-corrected chi connectivity index (χ1v) is 8.85. The second-order valence-corrected chi connectivity index (χ2v) is 8.05. The molecule has 0 atom stereocenters. The molecular formula is C12H21Br3. The van der Waals surface area contributed by atoms with Crippen LogP contribution < -0.4 is 0 Å². The van der Waals surface area contributed by atoms with E-state index in [2.05, 4.69) is 68.6 Å². The molecule has 1 rings (SSSR count). The Kier molecular flexibility index (Phi) is 4.81. The maximum atomic E-state index is 3.70. The number of hydrogen-bond donors (Lipinski definition) is 0. The Morgan fingerprint density at radius 3 is 1.00 bits per heavy atom. The predicted octanol–water partition coefficient (Wildman–Crippen LogP) is 5.37. The molecule has 1 fully saturated rings. The summed E-state index contributed by atoms with van der Waals surface area (Å²) < 4.78 is 0. The Hall–Kier alpha value is 1.44. The van der Waals surface area contributed by atoms with E-state index < -0.39 is 0 Å². The number of alkyl halides is 3. The highest BCUT2D eigenvalue weighted by atomic mass is 79.9. The maximum absolute atomic E-state index is 3.70. The summed E-state index contributed by atoms with van der Waals surface area (Å²) >= 11 is 11.1. The lowest BCUT2D eigenvalue weighted by atomic mass is 9.56. The van der Waals surface area contributed by atoms with Gasteiger partial charge < -0.3 is 0 Å². The van der Waals surface area contributed by atoms with Crippen molar-refractivity contribution in [2.24, 2.45) is 16.2 Å². The molecule has 90 valence electrons. The van der Waals surface area contributed by atoms with Crippen molar-refractivity contribution < 1.29 is 0 Å². The first-order valence-electron chi connectivity index (χ1n) is 5.48. The van der Waals surface area contributed by atoms with Gasteiger partial charge in [-0.2, -0.15) is 0 Å². The third kappa shape index (κ3) is 3.45. The lowest BCUT2D eigenvalue weighted by Gasteiger charge is -2.52. The molecule has 1 aliphatic carbocycles. The van der Waals surface area contributed by atoms with Gasteiger partial charge >= 0.3 is 0 Å². The standard InChI is InChI=1S/C12H21Br3/c1-10(7-13)4-11(2,8-14)6-12(3,5-10)9-15/h4-9H2,1-3H3. The molecule has 0 aromatic carbocycles. The van der Waals surface area contributed by atoms with Crippen molar-refractivity contribution in [1.29, 1.82) is 0 Å². The van der Waals surface area contributed by atoms with Gasteiger partial charge in [-0.1, -0.05) is 68.6 Å². The Balaban J connectivity index is 2.92. The second-order valence-electron chi connectivity index (χ2n) is 6.36. The van der Waals surface area contributed by atoms with Crippen LogP contribution in [-0.4, -0.2) is 16.0 Å². The van der Waals surface area contributed by atoms with Crippen LogP contribution in [0.2, 0.25) is 0 Å². The van der Waals surface area contributed by atoms with Crippen LogP contribution in [0.3, 0.4) is 0 Å². The fourth-order valence-electron chi connectivity index (χ4n) is 3.56. The maximum Gasteiger partial charge on any atom is 0.00857 e. The van der Waals surface area contributed by atoms with E-state index in [4.69, 9.17) is 0 Å². The Morgan fingerprint density at radius 1 is 0.667 bits per heavy atom. The average molecular weight is 405 g/mol. The minimum Gasteiger partial charge on any atom is -0.0922 e. The summed E-state index contributed by atoms with van der Waals surface area (Å²) in [5, 5.41) is 3.35. The van der Waals surface area contributed by atoms with Gasteiger partial charge in [-0.15, -0.1) is 0 Å². The summed E-state index contributed by atoms with van der Waals surface area (Å²) in [7, 11) is 0. The number of rotatable bonds is 3. The van der Waals surface area contributed by atoms with E-state index in [-0.39, 0.29) is 0 Å². The smallest absolute Gasteiger partial charge is 0.00857 e. The van der Waals surface area contributed by atoms with Crippen LogP contribution in [0.5, 0.6) is 0 Å². The Morgan fingerprint density at radius 2 is 0.867 bits per heavy atom. The summed E-state index contributed by atoms with van der Waals surface area (Å²) in [6, 6.07) is 0. The van der Waals surface area contributed by atoms with Crippen molar-refractivity contribution in [3.63, 3.8) is 0 Å². The first kappa shape index (κ1) is 14.5. The fraction of sp³-hybridized carbons (Fsp3) is 1.00. The van der Waals surface area contributed by atoms with Gasteiger partial charge in [0.25, 0.3) is 0 Å². The molecule has 15 heavy (non-hydrogen) atoms. The van der Waals surface area contributed by atoms with Crippen molar-refractivity contribution in [3.05, 3.63) is 0 Å². The molecule has 1 saturated carbocycles. The van der Waals surface area contributed by atoms with Gasteiger partial charge in [-0.05, 0) is 35.5 Å². The topological polar surface area (TPSA) is 0 Å². The third-order valence-electron chi connectivity index (χ3n) is 3.53. The molecule has 0 unspecified atom stereocenters. The molecule has 3 heteroatoms. The van der Waals surface area contributed by atoms with Gasteiger partial charge in [-0.25, -0.2) is 0 Å². The van der Waals surface area contributed by atoms with E-state index in [0.717, 1.165) is 16.0 Å². The first-order chi connectivity index (χ1) is 6.80. The van der Waals surface area contributed by atoms with Gasteiger partial charge in [-0.3, -0.25) is 0 Å². The SMILES string of the molecule is CC1(CBr)CC(C)(CBr)CC(C)(CBr)C1. The van der Waals surface area contributed by atoms with Crippen LogP contribution in [0.15, 0.2) is 0 Å². The van der Waals surface area contributed by atoms with E-state index >= 15 is 0 Å². The van der Waals surface area contributed by atoms with Crippen LogP contribution in [0.1, 0.15) is 40.0 Å². The Labute approximate surface area is 119 Å². The van der Waals surface area contributed by atoms with Crippen molar-refractivity contribution >= 4 is 47.8 Å². The van der Waals surface area contributed by atoms with Gasteiger partial charge in [0.2, 0.25) is 0 Å². The quantitative estimate of drug-likeness (QED) is 0.554. The normalized spacial score (nSPS) is 46.8. The monoisotopic (exact) mass is 402 g/mol. The van der Waals surface area contributed by atoms with E-state index in [1.54, 1.807) is 0 Å². The molecule has 0 N–H and O–H groups in total. The molecule has 0 bridgehead atoms. The third-order valence-corrected chi connectivity index (χ3v) is 7.59. The molecule has 0 aromatic heterocycles. The molecule has 0 spiro atoms. The summed E-state index contributed by atoms with van der Waals surface area (Å²) in [5.41, 5.74) is 1.34. The summed E-state index contributed by atoms with van der Waals surface area (Å²) in [6.07, 6.45) is 3.96. The predicted molar refractivity (Wildman–Crippen MR) is 79.6 cm³/mol. The highest BCUT2D eigenvalue weighted by molar-refractivity contribution is 9.09. The summed E-state index contributed by atoms with van der Waals surface area (Å²) in [5.74, 6) is 0. The van der Waals surface area contributed by atoms with Gasteiger partial charge in [0.05, 0.1) is 0 Å². The fourth-order valence-corrected chi connectivity index (χ4v) is 4.75. The number of hydrogen-bond acceptors (Lipinski definition) is 0. The minimum absolute atomic E-state index is 0.448. The van der Waals surface area contributed by atoms with E-state index in [9.17, 15) is 0 Å². The highest BCUT2D eigenvalue weighted by Crippen LogP contribution is 2.55. The summed E-state index contributed by atoms with van der Waals surface area (Å²) in [6.45, 7) is 7.26. The van der Waals surface area contributed by atoms with Crippen LogP contribution in [0.25, 0.3) is 0 Å². The number of halogens is 3. The summed E-state index contributed by atoms with van der Waals surface area (Å²) in [4.78, 5) is 0. The molecule has 0 aliphatic heterocycles. The highest BCUT2D eigenvalue weighted by Gasteiger charge is 2.47. The van der Waals surface area contributed by atoms with Crippen molar-refractivity contribution in [3.8, 4) is 0 Å².